The standard InChI is InChI=1S/C27H24F8N2O3/c1-13-18(25(38)40-24-22(31)20(29)19(28)21(30)23(24)32)16-4-2-3-5-17(16)37(13)10-14-6-8-15(9-7-14)36-26(11-39-12-26)27(33,34)35/h2-5,14-15,36H,6-12H2,1H3. The Bertz CT molecular complexity index is 1430. The third-order valence-corrected chi connectivity index (χ3v) is 7.81. The summed E-state index contributed by atoms with van der Waals surface area (Å²) in [4.78, 5) is 13.0. The molecule has 0 radical (unpaired) electrons. The number of rotatable bonds is 6. The number of carbonyl (C=O) groups is 1. The first-order valence-electron chi connectivity index (χ1n) is 12.6. The van der Waals surface area contributed by atoms with E-state index >= 15 is 0 Å². The molecule has 3 aromatic rings. The summed E-state index contributed by atoms with van der Waals surface area (Å²) in [5, 5.41) is 3.09. The minimum atomic E-state index is -4.43. The highest BCUT2D eigenvalue weighted by molar-refractivity contribution is 6.06. The van der Waals surface area contributed by atoms with E-state index in [9.17, 15) is 39.9 Å². The molecule has 0 amide bonds. The molecule has 216 valence electrons. The van der Waals surface area contributed by atoms with Gasteiger partial charge in [-0.3, -0.25) is 5.32 Å². The number of nitrogens with zero attached hydrogens (tertiary/aromatic N) is 1. The van der Waals surface area contributed by atoms with Crippen molar-refractivity contribution in [1.82, 2.24) is 9.88 Å². The lowest BCUT2D eigenvalue weighted by Gasteiger charge is -2.46. The molecule has 5 nitrogen and oxygen atoms in total. The molecule has 0 atom stereocenters. The van der Waals surface area contributed by atoms with Crippen molar-refractivity contribution in [2.24, 2.45) is 5.92 Å². The number of halogens is 8. The Labute approximate surface area is 223 Å². The van der Waals surface area contributed by atoms with Crippen LogP contribution in [0, 0.1) is 41.9 Å². The molecule has 5 rings (SSSR count). The number of para-hydroxylation sites is 1. The van der Waals surface area contributed by atoms with Crippen molar-refractivity contribution >= 4 is 16.9 Å². The van der Waals surface area contributed by atoms with Crippen molar-refractivity contribution in [1.29, 1.82) is 0 Å². The predicted octanol–water partition coefficient (Wildman–Crippen LogP) is 6.34. The van der Waals surface area contributed by atoms with Gasteiger partial charge in [-0.05, 0) is 44.6 Å². The highest BCUT2D eigenvalue weighted by atomic mass is 19.4. The molecule has 1 aliphatic carbocycles. The van der Waals surface area contributed by atoms with E-state index in [1.54, 1.807) is 35.8 Å². The lowest BCUT2D eigenvalue weighted by Crippen LogP contribution is -2.71. The molecule has 13 heteroatoms. The van der Waals surface area contributed by atoms with Gasteiger partial charge in [0.05, 0.1) is 18.8 Å². The van der Waals surface area contributed by atoms with Crippen LogP contribution in [0.5, 0.6) is 5.75 Å². The summed E-state index contributed by atoms with van der Waals surface area (Å²) >= 11 is 0. The lowest BCUT2D eigenvalue weighted by molar-refractivity contribution is -0.270. The van der Waals surface area contributed by atoms with Crippen molar-refractivity contribution in [3.05, 3.63) is 64.6 Å². The van der Waals surface area contributed by atoms with Crippen molar-refractivity contribution in [3.8, 4) is 5.75 Å². The first kappa shape index (κ1) is 28.3. The maximum atomic E-state index is 14.2. The third-order valence-electron chi connectivity index (χ3n) is 7.81. The minimum absolute atomic E-state index is 0.0473. The number of fused-ring (bicyclic) bond motifs is 1. The van der Waals surface area contributed by atoms with Gasteiger partial charge in [-0.2, -0.15) is 22.0 Å². The molecule has 1 aromatic heterocycles. The van der Waals surface area contributed by atoms with E-state index in [1.807, 2.05) is 0 Å². The number of carbonyl (C=O) groups excluding carboxylic acids is 1. The SMILES string of the molecule is Cc1c(C(=O)Oc2c(F)c(F)c(F)c(F)c2F)c2ccccc2n1CC1CCC(NC2(C(F)(F)F)COC2)CC1. The summed E-state index contributed by atoms with van der Waals surface area (Å²) in [6.45, 7) is 1.11. The molecule has 1 N–H and O–H groups in total. The monoisotopic (exact) mass is 576 g/mol. The first-order chi connectivity index (χ1) is 18.8. The third kappa shape index (κ3) is 4.72. The number of esters is 1. The van der Waals surface area contributed by atoms with E-state index < -0.39 is 65.7 Å². The summed E-state index contributed by atoms with van der Waals surface area (Å²) in [5.74, 6) is -14.3. The fourth-order valence-corrected chi connectivity index (χ4v) is 5.52. The van der Waals surface area contributed by atoms with Crippen LogP contribution < -0.4 is 10.1 Å². The van der Waals surface area contributed by atoms with Crippen LogP contribution in [0.4, 0.5) is 35.1 Å². The summed E-state index contributed by atoms with van der Waals surface area (Å²) in [7, 11) is 0. The van der Waals surface area contributed by atoms with Crippen LogP contribution in [0.2, 0.25) is 0 Å². The van der Waals surface area contributed by atoms with Crippen molar-refractivity contribution in [3.63, 3.8) is 0 Å². The zero-order valence-electron chi connectivity index (χ0n) is 21.1. The van der Waals surface area contributed by atoms with Crippen LogP contribution in [-0.4, -0.2) is 41.5 Å². The van der Waals surface area contributed by atoms with Gasteiger partial charge in [0.25, 0.3) is 0 Å². The second-order valence-electron chi connectivity index (χ2n) is 10.3. The fourth-order valence-electron chi connectivity index (χ4n) is 5.52. The van der Waals surface area contributed by atoms with Gasteiger partial charge in [-0.15, -0.1) is 0 Å². The van der Waals surface area contributed by atoms with Gasteiger partial charge in [0.15, 0.2) is 5.54 Å². The second-order valence-corrected chi connectivity index (χ2v) is 10.3. The molecule has 40 heavy (non-hydrogen) atoms. The number of benzene rings is 2. The van der Waals surface area contributed by atoms with Gasteiger partial charge < -0.3 is 14.0 Å². The molecular formula is C27H24F8N2O3. The summed E-state index contributed by atoms with van der Waals surface area (Å²) in [6.07, 6.45) is -2.23. The number of aromatic nitrogens is 1. The topological polar surface area (TPSA) is 52.5 Å². The minimum Gasteiger partial charge on any atom is -0.416 e. The van der Waals surface area contributed by atoms with Crippen LogP contribution >= 0.6 is 0 Å². The Kier molecular flexibility index (Phi) is 7.32. The maximum absolute atomic E-state index is 14.2. The molecule has 2 heterocycles. The van der Waals surface area contributed by atoms with Gasteiger partial charge in [0.1, 0.15) is 0 Å². The number of hydrogen-bond acceptors (Lipinski definition) is 4. The Hall–Kier alpha value is -3.19. The van der Waals surface area contributed by atoms with E-state index in [2.05, 4.69) is 5.32 Å². The number of ether oxygens (including phenoxy) is 2. The molecule has 2 aromatic carbocycles. The average molecular weight is 576 g/mol. The molecule has 2 fully saturated rings. The van der Waals surface area contributed by atoms with Gasteiger partial charge in [-0.25, -0.2) is 18.0 Å². The smallest absolute Gasteiger partial charge is 0.411 e. The van der Waals surface area contributed by atoms with Crippen LogP contribution in [0.15, 0.2) is 24.3 Å². The Morgan fingerprint density at radius 3 is 2.10 bits per heavy atom. The summed E-state index contributed by atoms with van der Waals surface area (Å²) in [6, 6.07) is 6.24. The lowest BCUT2D eigenvalue weighted by atomic mass is 9.83. The number of nitrogens with one attached hydrogen (secondary N) is 1. The van der Waals surface area contributed by atoms with Crippen LogP contribution in [0.25, 0.3) is 10.9 Å². The highest BCUT2D eigenvalue weighted by Gasteiger charge is 2.60. The normalized spacial score (nSPS) is 20.9. The van der Waals surface area contributed by atoms with E-state index in [-0.39, 0.29) is 17.5 Å². The highest BCUT2D eigenvalue weighted by Crippen LogP contribution is 2.39. The number of alkyl halides is 3. The van der Waals surface area contributed by atoms with E-state index in [1.165, 1.54) is 0 Å². The largest absolute Gasteiger partial charge is 0.416 e. The average Bonchev–Trinajstić information content (AvgIpc) is 3.17. The molecule has 2 aliphatic rings. The molecule has 1 saturated heterocycles. The molecular weight excluding hydrogens is 552 g/mol. The first-order valence-corrected chi connectivity index (χ1v) is 12.6. The van der Waals surface area contributed by atoms with Gasteiger partial charge in [0, 0.05) is 29.2 Å². The fraction of sp³-hybridized carbons (Fsp3) is 0.444. The molecule has 0 bridgehead atoms. The van der Waals surface area contributed by atoms with Gasteiger partial charge in [-0.1, -0.05) is 18.2 Å². The Balaban J connectivity index is 1.35. The van der Waals surface area contributed by atoms with E-state index in [0.29, 0.717) is 48.8 Å². The zero-order valence-corrected chi connectivity index (χ0v) is 21.1. The zero-order chi connectivity index (χ0) is 29.0. The van der Waals surface area contributed by atoms with E-state index in [0.717, 1.165) is 0 Å². The summed E-state index contributed by atoms with van der Waals surface area (Å²) < 4.78 is 121. The van der Waals surface area contributed by atoms with Crippen molar-refractivity contribution in [2.45, 2.75) is 56.9 Å². The van der Waals surface area contributed by atoms with Gasteiger partial charge in [0.2, 0.25) is 34.8 Å². The second kappa shape index (κ2) is 10.3. The van der Waals surface area contributed by atoms with Crippen molar-refractivity contribution < 1.29 is 49.4 Å². The number of hydrogen-bond donors (Lipinski definition) is 1. The van der Waals surface area contributed by atoms with Crippen LogP contribution in [-0.2, 0) is 11.3 Å². The molecule has 1 saturated carbocycles. The van der Waals surface area contributed by atoms with Crippen LogP contribution in [0.3, 0.4) is 0 Å². The van der Waals surface area contributed by atoms with Gasteiger partial charge >= 0.3 is 12.1 Å². The van der Waals surface area contributed by atoms with Crippen LogP contribution in [0.1, 0.15) is 41.7 Å². The predicted molar refractivity (Wildman–Crippen MR) is 126 cm³/mol. The van der Waals surface area contributed by atoms with E-state index in [4.69, 9.17) is 9.47 Å². The Morgan fingerprint density at radius 2 is 1.55 bits per heavy atom. The quantitative estimate of drug-likeness (QED) is 0.122. The Morgan fingerprint density at radius 1 is 0.975 bits per heavy atom. The van der Waals surface area contributed by atoms with Crippen molar-refractivity contribution in [2.75, 3.05) is 13.2 Å². The maximum Gasteiger partial charge on any atom is 0.411 e. The molecule has 1 aliphatic heterocycles. The molecule has 0 unspecified atom stereocenters. The summed E-state index contributed by atoms with van der Waals surface area (Å²) in [5.41, 5.74) is -1.21. The molecule has 0 spiro atoms.